The van der Waals surface area contributed by atoms with Crippen molar-refractivity contribution in [3.63, 3.8) is 0 Å². The first-order chi connectivity index (χ1) is 11.0. The summed E-state index contributed by atoms with van der Waals surface area (Å²) >= 11 is 14.1. The highest BCUT2D eigenvalue weighted by atomic mass is 79.9. The third kappa shape index (κ3) is 4.39. The molecule has 0 aromatic heterocycles. The number of hydrogen-bond donors (Lipinski definition) is 2. The first kappa shape index (κ1) is 21.2. The Balaban J connectivity index is 1.47. The molecular formula is C16H24Br4N2O2. The lowest BCUT2D eigenvalue weighted by Crippen LogP contribution is -2.34. The maximum atomic E-state index is 12.1. The number of amides is 2. The normalized spacial score (nSPS) is 32.1. The van der Waals surface area contributed by atoms with E-state index in [-0.39, 0.29) is 29.1 Å². The van der Waals surface area contributed by atoms with Crippen LogP contribution < -0.4 is 10.6 Å². The number of carbonyl (C=O) groups excluding carboxylic acids is 2. The zero-order valence-corrected chi connectivity index (χ0v) is 20.3. The van der Waals surface area contributed by atoms with E-state index in [9.17, 15) is 9.59 Å². The smallest absolute Gasteiger partial charge is 0.228 e. The third-order valence-corrected chi connectivity index (χ3v) is 9.81. The molecule has 2 amide bonds. The van der Waals surface area contributed by atoms with Gasteiger partial charge in [0.05, 0.1) is 17.3 Å². The van der Waals surface area contributed by atoms with E-state index < -0.39 is 0 Å². The summed E-state index contributed by atoms with van der Waals surface area (Å²) in [5.74, 6) is 0.212. The van der Waals surface area contributed by atoms with Gasteiger partial charge in [-0.3, -0.25) is 9.59 Å². The van der Waals surface area contributed by atoms with E-state index in [0.717, 1.165) is 38.5 Å². The minimum Gasteiger partial charge on any atom is -0.356 e. The molecule has 0 spiro atoms. The van der Waals surface area contributed by atoms with Crippen LogP contribution in [0.3, 0.4) is 0 Å². The van der Waals surface area contributed by atoms with Gasteiger partial charge >= 0.3 is 0 Å². The molecule has 0 saturated heterocycles. The number of halogens is 4. The van der Waals surface area contributed by atoms with Gasteiger partial charge in [-0.2, -0.15) is 0 Å². The number of rotatable bonds is 9. The van der Waals surface area contributed by atoms with E-state index in [1.807, 2.05) is 13.8 Å². The number of nitrogens with one attached hydrogen (secondary N) is 2. The second-order valence-corrected chi connectivity index (χ2v) is 14.9. The van der Waals surface area contributed by atoms with Crippen molar-refractivity contribution in [3.8, 4) is 0 Å². The van der Waals surface area contributed by atoms with Gasteiger partial charge in [-0.1, -0.05) is 76.6 Å². The minimum absolute atomic E-state index is 0.106. The predicted octanol–water partition coefficient (Wildman–Crippen LogP) is 4.57. The Morgan fingerprint density at radius 3 is 1.29 bits per heavy atom. The molecule has 2 saturated carbocycles. The fourth-order valence-corrected chi connectivity index (χ4v) is 5.65. The van der Waals surface area contributed by atoms with Crippen LogP contribution in [0.4, 0.5) is 0 Å². The van der Waals surface area contributed by atoms with Crippen molar-refractivity contribution in [2.24, 2.45) is 10.8 Å². The van der Waals surface area contributed by atoms with Gasteiger partial charge in [-0.05, 0) is 39.5 Å². The van der Waals surface area contributed by atoms with Crippen molar-refractivity contribution in [1.29, 1.82) is 0 Å². The number of alkyl halides is 4. The SMILES string of the molecule is C[C@@]1(C(=O)NCCCCCCNC(=O)[C@@]2(C)CC2(Br)Br)CC1(Br)Br. The van der Waals surface area contributed by atoms with Gasteiger partial charge in [0, 0.05) is 13.1 Å². The van der Waals surface area contributed by atoms with Crippen LogP contribution in [-0.2, 0) is 9.59 Å². The van der Waals surface area contributed by atoms with E-state index in [0.29, 0.717) is 13.1 Å². The van der Waals surface area contributed by atoms with Crippen molar-refractivity contribution in [2.75, 3.05) is 13.1 Å². The Bertz CT molecular complexity index is 480. The van der Waals surface area contributed by atoms with Crippen LogP contribution >= 0.6 is 63.7 Å². The molecule has 2 fully saturated rings. The Morgan fingerprint density at radius 1 is 0.750 bits per heavy atom. The molecule has 2 N–H and O–H groups in total. The van der Waals surface area contributed by atoms with Crippen molar-refractivity contribution < 1.29 is 9.59 Å². The molecule has 8 heteroatoms. The van der Waals surface area contributed by atoms with Crippen LogP contribution in [0.5, 0.6) is 0 Å². The van der Waals surface area contributed by atoms with Crippen molar-refractivity contribution in [3.05, 3.63) is 0 Å². The van der Waals surface area contributed by atoms with Crippen LogP contribution in [0.25, 0.3) is 0 Å². The maximum Gasteiger partial charge on any atom is 0.228 e. The molecule has 0 unspecified atom stereocenters. The standard InChI is InChI=1S/C16H24Br4N2O2/c1-13(9-15(13,17)18)11(23)21-7-5-3-4-6-8-22-12(24)14(2)10-16(14,19)20/h3-10H2,1-2H3,(H,21,23)(H,22,24)/t13-,14+. The summed E-state index contributed by atoms with van der Waals surface area (Å²) in [7, 11) is 0. The van der Waals surface area contributed by atoms with E-state index >= 15 is 0 Å². The van der Waals surface area contributed by atoms with Crippen LogP contribution in [0.1, 0.15) is 52.4 Å². The molecule has 138 valence electrons. The van der Waals surface area contributed by atoms with Gasteiger partial charge < -0.3 is 10.6 Å². The van der Waals surface area contributed by atoms with E-state index in [2.05, 4.69) is 74.4 Å². The van der Waals surface area contributed by atoms with Crippen molar-refractivity contribution in [2.45, 2.75) is 58.8 Å². The number of carbonyl (C=O) groups is 2. The largest absolute Gasteiger partial charge is 0.356 e. The topological polar surface area (TPSA) is 58.2 Å². The number of unbranched alkanes of at least 4 members (excludes halogenated alkanes) is 3. The fourth-order valence-electron chi connectivity index (χ4n) is 2.69. The lowest BCUT2D eigenvalue weighted by Gasteiger charge is -2.13. The summed E-state index contributed by atoms with van der Waals surface area (Å²) in [6, 6.07) is 0. The van der Waals surface area contributed by atoms with E-state index in [4.69, 9.17) is 0 Å². The summed E-state index contributed by atoms with van der Waals surface area (Å²) in [6.07, 6.45) is 5.68. The fraction of sp³-hybridized carbons (Fsp3) is 0.875. The third-order valence-electron chi connectivity index (χ3n) is 5.19. The predicted molar refractivity (Wildman–Crippen MR) is 111 cm³/mol. The molecular weight excluding hydrogens is 572 g/mol. The van der Waals surface area contributed by atoms with Crippen molar-refractivity contribution >= 4 is 75.5 Å². The first-order valence-corrected chi connectivity index (χ1v) is 11.5. The highest BCUT2D eigenvalue weighted by Crippen LogP contribution is 2.67. The number of hydrogen-bond acceptors (Lipinski definition) is 2. The molecule has 0 bridgehead atoms. The van der Waals surface area contributed by atoms with Gasteiger partial charge in [-0.25, -0.2) is 0 Å². The zero-order valence-electron chi connectivity index (χ0n) is 14.0. The molecule has 2 atom stereocenters. The molecule has 0 aliphatic heterocycles. The van der Waals surface area contributed by atoms with Crippen LogP contribution in [0.15, 0.2) is 0 Å². The van der Waals surface area contributed by atoms with Crippen molar-refractivity contribution in [1.82, 2.24) is 10.6 Å². The summed E-state index contributed by atoms with van der Waals surface area (Å²) < 4.78 is -0.454. The van der Waals surface area contributed by atoms with E-state index in [1.54, 1.807) is 0 Å². The Morgan fingerprint density at radius 2 is 1.04 bits per heavy atom. The van der Waals surface area contributed by atoms with Gasteiger partial charge in [0.15, 0.2) is 0 Å². The highest BCUT2D eigenvalue weighted by Gasteiger charge is 2.67. The monoisotopic (exact) mass is 592 g/mol. The summed E-state index contributed by atoms with van der Waals surface area (Å²) in [5.41, 5.74) is -0.674. The molecule has 2 aliphatic carbocycles. The molecule has 0 aromatic carbocycles. The van der Waals surface area contributed by atoms with Crippen LogP contribution in [0, 0.1) is 10.8 Å². The Kier molecular flexibility index (Phi) is 6.59. The lowest BCUT2D eigenvalue weighted by molar-refractivity contribution is -0.126. The lowest BCUT2D eigenvalue weighted by atomic mass is 10.1. The molecule has 0 radical (unpaired) electrons. The summed E-state index contributed by atoms with van der Waals surface area (Å²) in [6.45, 7) is 5.35. The second kappa shape index (κ2) is 7.47. The van der Waals surface area contributed by atoms with Gasteiger partial charge in [0.25, 0.3) is 0 Å². The van der Waals surface area contributed by atoms with Gasteiger partial charge in [-0.15, -0.1) is 0 Å². The Hall–Kier alpha value is 0.860. The van der Waals surface area contributed by atoms with Gasteiger partial charge in [0.2, 0.25) is 11.8 Å². The van der Waals surface area contributed by atoms with E-state index in [1.165, 1.54) is 0 Å². The second-order valence-electron chi connectivity index (χ2n) is 7.35. The average Bonchev–Trinajstić information content (AvgIpc) is 3.21. The van der Waals surface area contributed by atoms with Gasteiger partial charge in [0.1, 0.15) is 0 Å². The zero-order chi connectivity index (χ0) is 18.2. The molecule has 0 heterocycles. The highest BCUT2D eigenvalue weighted by molar-refractivity contribution is 9.26. The molecule has 0 aromatic rings. The molecule has 2 rings (SSSR count). The summed E-state index contributed by atoms with van der Waals surface area (Å²) in [5, 5.41) is 6.02. The maximum absolute atomic E-state index is 12.1. The van der Waals surface area contributed by atoms with Crippen LogP contribution in [-0.4, -0.2) is 31.4 Å². The first-order valence-electron chi connectivity index (χ1n) is 8.29. The Labute approximate surface area is 177 Å². The summed E-state index contributed by atoms with van der Waals surface area (Å²) in [4.78, 5) is 24.2. The molecule has 2 aliphatic rings. The molecule has 4 nitrogen and oxygen atoms in total. The average molecular weight is 596 g/mol. The minimum atomic E-state index is -0.337. The van der Waals surface area contributed by atoms with Crippen LogP contribution in [0.2, 0.25) is 0 Å². The quantitative estimate of drug-likeness (QED) is 0.303. The molecule has 24 heavy (non-hydrogen) atoms.